The summed E-state index contributed by atoms with van der Waals surface area (Å²) in [4.78, 5) is 43.0. The molecule has 2 amide bonds. The van der Waals surface area contributed by atoms with E-state index in [1.165, 1.54) is 11.0 Å². The number of aromatic carboxylic acids is 1. The van der Waals surface area contributed by atoms with E-state index in [0.717, 1.165) is 12.0 Å². The Morgan fingerprint density at radius 3 is 2.48 bits per heavy atom. The smallest absolute Gasteiger partial charge is 0.337 e. The number of anilines is 2. The minimum atomic E-state index is -1.12. The van der Waals surface area contributed by atoms with Crippen molar-refractivity contribution in [1.82, 2.24) is 4.98 Å². The maximum Gasteiger partial charge on any atom is 0.337 e. The van der Waals surface area contributed by atoms with Gasteiger partial charge in [-0.1, -0.05) is 18.2 Å². The van der Waals surface area contributed by atoms with Crippen LogP contribution in [0.1, 0.15) is 22.3 Å². The second-order valence-corrected chi connectivity index (χ2v) is 7.76. The van der Waals surface area contributed by atoms with E-state index in [4.69, 9.17) is 0 Å². The predicted octanol–water partition coefficient (Wildman–Crippen LogP) is 2.70. The molecule has 146 valence electrons. The Morgan fingerprint density at radius 2 is 1.86 bits per heavy atom. The van der Waals surface area contributed by atoms with Crippen molar-refractivity contribution >= 4 is 29.2 Å². The molecule has 2 aliphatic carbocycles. The number of amides is 2. The summed E-state index contributed by atoms with van der Waals surface area (Å²) in [5.41, 5.74) is 1.67. The first-order valence-corrected chi connectivity index (χ1v) is 9.61. The fraction of sp³-hybridized carbons (Fsp3) is 0.273. The van der Waals surface area contributed by atoms with Crippen LogP contribution in [0.15, 0.2) is 54.9 Å². The molecule has 1 saturated carbocycles. The SMILES string of the molecule is O=C(O)c1cc(N2C(=O)[C@@H]3[C@H](C2=O)[C@@H]2C=C[C@H]3C2)ccc1NCc1cccnc1. The standard InChI is InChI=1S/C22H19N3O4/c26-20-18-13-3-4-14(8-13)19(18)21(27)25(20)15-5-6-17(16(9-15)22(28)29)24-11-12-2-1-7-23-10-12/h1-7,9-10,13-14,18-19,24H,8,11H2,(H,28,29)/t13-,14+,18-,19+. The van der Waals surface area contributed by atoms with Crippen LogP contribution in [0.5, 0.6) is 0 Å². The van der Waals surface area contributed by atoms with Crippen molar-refractivity contribution in [3.05, 3.63) is 66.0 Å². The molecule has 7 nitrogen and oxygen atoms in total. The van der Waals surface area contributed by atoms with Crippen LogP contribution < -0.4 is 10.2 Å². The molecule has 2 fully saturated rings. The number of pyridine rings is 1. The Kier molecular flexibility index (Phi) is 3.97. The largest absolute Gasteiger partial charge is 0.478 e. The molecule has 2 heterocycles. The molecule has 29 heavy (non-hydrogen) atoms. The van der Waals surface area contributed by atoms with Crippen molar-refractivity contribution in [2.75, 3.05) is 10.2 Å². The van der Waals surface area contributed by atoms with Crippen molar-refractivity contribution in [3.8, 4) is 0 Å². The maximum absolute atomic E-state index is 13.0. The summed E-state index contributed by atoms with van der Waals surface area (Å²) in [7, 11) is 0. The van der Waals surface area contributed by atoms with E-state index in [2.05, 4.69) is 10.3 Å². The number of benzene rings is 1. The highest BCUT2D eigenvalue weighted by Gasteiger charge is 2.59. The lowest BCUT2D eigenvalue weighted by Gasteiger charge is -2.19. The average molecular weight is 389 g/mol. The molecule has 1 aromatic carbocycles. The van der Waals surface area contributed by atoms with Gasteiger partial charge >= 0.3 is 5.97 Å². The van der Waals surface area contributed by atoms with Crippen LogP contribution in [0.4, 0.5) is 11.4 Å². The minimum absolute atomic E-state index is 0.0187. The Balaban J connectivity index is 1.43. The minimum Gasteiger partial charge on any atom is -0.478 e. The molecular weight excluding hydrogens is 370 g/mol. The molecule has 7 heteroatoms. The second kappa shape index (κ2) is 6.55. The lowest BCUT2D eigenvalue weighted by atomic mass is 9.85. The summed E-state index contributed by atoms with van der Waals surface area (Å²) < 4.78 is 0. The van der Waals surface area contributed by atoms with Gasteiger partial charge in [-0.2, -0.15) is 0 Å². The van der Waals surface area contributed by atoms with Gasteiger partial charge in [-0.05, 0) is 48.1 Å². The zero-order chi connectivity index (χ0) is 20.1. The topological polar surface area (TPSA) is 99.6 Å². The lowest BCUT2D eigenvalue weighted by Crippen LogP contribution is -2.33. The number of rotatable bonds is 5. The number of carbonyl (C=O) groups is 3. The number of imide groups is 1. The molecule has 2 bridgehead atoms. The van der Waals surface area contributed by atoms with Gasteiger partial charge in [-0.25, -0.2) is 9.69 Å². The summed E-state index contributed by atoms with van der Waals surface area (Å²) in [6, 6.07) is 8.33. The number of aromatic nitrogens is 1. The van der Waals surface area contributed by atoms with Crippen LogP contribution in [-0.2, 0) is 16.1 Å². The van der Waals surface area contributed by atoms with E-state index < -0.39 is 5.97 Å². The third-order valence-corrected chi connectivity index (χ3v) is 6.17. The summed E-state index contributed by atoms with van der Waals surface area (Å²) in [6.45, 7) is 0.411. The number of hydrogen-bond donors (Lipinski definition) is 2. The van der Waals surface area contributed by atoms with Crippen molar-refractivity contribution in [2.24, 2.45) is 23.7 Å². The molecule has 1 aliphatic heterocycles. The molecule has 1 saturated heterocycles. The summed E-state index contributed by atoms with van der Waals surface area (Å²) in [6.07, 6.45) is 8.30. The van der Waals surface area contributed by atoms with Gasteiger partial charge in [-0.15, -0.1) is 0 Å². The first kappa shape index (κ1) is 17.6. The van der Waals surface area contributed by atoms with Crippen LogP contribution >= 0.6 is 0 Å². The number of allylic oxidation sites excluding steroid dienone is 2. The number of hydrogen-bond acceptors (Lipinski definition) is 5. The van der Waals surface area contributed by atoms with Crippen LogP contribution in [0.3, 0.4) is 0 Å². The van der Waals surface area contributed by atoms with Gasteiger partial charge in [0.05, 0.1) is 23.1 Å². The second-order valence-electron chi connectivity index (χ2n) is 7.76. The van der Waals surface area contributed by atoms with Crippen molar-refractivity contribution < 1.29 is 19.5 Å². The maximum atomic E-state index is 13.0. The van der Waals surface area contributed by atoms with E-state index in [9.17, 15) is 19.5 Å². The quantitative estimate of drug-likeness (QED) is 0.603. The van der Waals surface area contributed by atoms with E-state index in [1.807, 2.05) is 24.3 Å². The Bertz CT molecular complexity index is 1020. The molecule has 4 atom stereocenters. The molecule has 0 radical (unpaired) electrons. The molecule has 2 aromatic rings. The Labute approximate surface area is 167 Å². The van der Waals surface area contributed by atoms with Crippen LogP contribution in [-0.4, -0.2) is 27.9 Å². The summed E-state index contributed by atoms with van der Waals surface area (Å²) in [5, 5.41) is 12.8. The zero-order valence-corrected chi connectivity index (χ0v) is 15.5. The number of carbonyl (C=O) groups excluding carboxylic acids is 2. The Hall–Kier alpha value is -3.48. The number of fused-ring (bicyclic) bond motifs is 5. The summed E-state index contributed by atoms with van der Waals surface area (Å²) in [5.74, 6) is -1.95. The molecule has 5 rings (SSSR count). The number of carboxylic acids is 1. The van der Waals surface area contributed by atoms with Gasteiger partial charge in [0, 0.05) is 24.6 Å². The van der Waals surface area contributed by atoms with Crippen LogP contribution in [0.2, 0.25) is 0 Å². The van der Waals surface area contributed by atoms with E-state index in [1.54, 1.807) is 24.5 Å². The van der Waals surface area contributed by atoms with Gasteiger partial charge in [0.1, 0.15) is 0 Å². The number of carboxylic acid groups (broad SMARTS) is 1. The van der Waals surface area contributed by atoms with Gasteiger partial charge in [-0.3, -0.25) is 14.6 Å². The highest BCUT2D eigenvalue weighted by molar-refractivity contribution is 6.23. The van der Waals surface area contributed by atoms with Crippen LogP contribution in [0, 0.1) is 23.7 Å². The molecule has 1 aromatic heterocycles. The zero-order valence-electron chi connectivity index (χ0n) is 15.5. The molecule has 0 unspecified atom stereocenters. The molecule has 0 spiro atoms. The fourth-order valence-corrected chi connectivity index (χ4v) is 4.86. The van der Waals surface area contributed by atoms with Gasteiger partial charge in [0.2, 0.25) is 11.8 Å². The third kappa shape index (κ3) is 2.73. The van der Waals surface area contributed by atoms with Crippen molar-refractivity contribution in [1.29, 1.82) is 0 Å². The van der Waals surface area contributed by atoms with Crippen molar-refractivity contribution in [2.45, 2.75) is 13.0 Å². The van der Waals surface area contributed by atoms with Gasteiger partial charge < -0.3 is 10.4 Å². The van der Waals surface area contributed by atoms with Crippen molar-refractivity contribution in [3.63, 3.8) is 0 Å². The first-order chi connectivity index (χ1) is 14.0. The summed E-state index contributed by atoms with van der Waals surface area (Å²) >= 11 is 0. The Morgan fingerprint density at radius 1 is 1.14 bits per heavy atom. The highest BCUT2D eigenvalue weighted by Crippen LogP contribution is 2.53. The molecule has 3 aliphatic rings. The number of nitrogens with one attached hydrogen (secondary N) is 1. The number of nitrogens with zero attached hydrogens (tertiary/aromatic N) is 2. The third-order valence-electron chi connectivity index (χ3n) is 6.17. The fourth-order valence-electron chi connectivity index (χ4n) is 4.86. The normalized spacial score (nSPS) is 26.8. The lowest BCUT2D eigenvalue weighted by molar-refractivity contribution is -0.123. The highest BCUT2D eigenvalue weighted by atomic mass is 16.4. The van der Waals surface area contributed by atoms with Crippen LogP contribution in [0.25, 0.3) is 0 Å². The van der Waals surface area contributed by atoms with Gasteiger partial charge in [0.15, 0.2) is 0 Å². The first-order valence-electron chi connectivity index (χ1n) is 9.61. The molecular formula is C22H19N3O4. The van der Waals surface area contributed by atoms with E-state index in [-0.39, 0.29) is 41.0 Å². The van der Waals surface area contributed by atoms with Gasteiger partial charge in [0.25, 0.3) is 0 Å². The monoisotopic (exact) mass is 389 g/mol. The van der Waals surface area contributed by atoms with E-state index >= 15 is 0 Å². The predicted molar refractivity (Wildman–Crippen MR) is 105 cm³/mol. The average Bonchev–Trinajstić information content (AvgIpc) is 3.41. The molecule has 2 N–H and O–H groups in total. The van der Waals surface area contributed by atoms with E-state index in [0.29, 0.717) is 17.9 Å².